The molecule has 1 aliphatic rings. The maximum absolute atomic E-state index is 12.8. The molecule has 0 saturated carbocycles. The molecule has 0 radical (unpaired) electrons. The molecule has 0 bridgehead atoms. The molecule has 2 heterocycles. The van der Waals surface area contributed by atoms with Gasteiger partial charge < -0.3 is 14.5 Å². The normalized spacial score (nSPS) is 14.2. The van der Waals surface area contributed by atoms with Crippen molar-refractivity contribution in [3.05, 3.63) is 51.8 Å². The lowest BCUT2D eigenvalue weighted by Gasteiger charge is -2.17. The van der Waals surface area contributed by atoms with Crippen LogP contribution in [0.5, 0.6) is 0 Å². The number of nitrogens with zero attached hydrogens (tertiary/aromatic N) is 1. The van der Waals surface area contributed by atoms with Crippen LogP contribution >= 0.6 is 0 Å². The van der Waals surface area contributed by atoms with E-state index in [1.807, 2.05) is 0 Å². The van der Waals surface area contributed by atoms with E-state index in [1.54, 1.807) is 26.0 Å². The van der Waals surface area contributed by atoms with E-state index >= 15 is 0 Å². The van der Waals surface area contributed by atoms with Crippen LogP contribution in [0.15, 0.2) is 18.2 Å². The molecule has 1 aromatic heterocycles. The summed E-state index contributed by atoms with van der Waals surface area (Å²) in [6.07, 6.45) is 0.512. The van der Waals surface area contributed by atoms with Gasteiger partial charge in [0.15, 0.2) is 6.10 Å². The van der Waals surface area contributed by atoms with Crippen molar-refractivity contribution >= 4 is 33.4 Å². The summed E-state index contributed by atoms with van der Waals surface area (Å²) in [6, 6.07) is 4.62. The van der Waals surface area contributed by atoms with Gasteiger partial charge >= 0.3 is 11.9 Å². The standard InChI is InChI=1S/C21H24N2O7S/c1-11-17(21(26)29-4)12(2)22-18(11)19(24)13(3)30-20(25)15-6-7-16-14(10-15)8-9-23(16)31(5,27)28/h6-7,10,13,22H,8-9H2,1-5H3/t13-/m0/s1. The minimum Gasteiger partial charge on any atom is -0.465 e. The van der Waals surface area contributed by atoms with Gasteiger partial charge in [0.2, 0.25) is 15.8 Å². The maximum atomic E-state index is 12.8. The number of hydrogen-bond donors (Lipinski definition) is 1. The molecule has 1 aliphatic heterocycles. The van der Waals surface area contributed by atoms with E-state index in [4.69, 9.17) is 9.47 Å². The SMILES string of the molecule is COC(=O)c1c(C)[nH]c(C(=O)[C@H](C)OC(=O)c2ccc3c(c2)CCN3S(C)(=O)=O)c1C. The molecular weight excluding hydrogens is 424 g/mol. The number of rotatable bonds is 6. The number of aromatic amines is 1. The first-order valence-electron chi connectivity index (χ1n) is 9.59. The number of sulfonamides is 1. The zero-order chi connectivity index (χ0) is 23.1. The monoisotopic (exact) mass is 448 g/mol. The number of aryl methyl sites for hydroxylation is 1. The Hall–Kier alpha value is -3.14. The Kier molecular flexibility index (Phi) is 5.95. The third-order valence-corrected chi connectivity index (χ3v) is 6.47. The molecule has 1 atom stereocenters. The van der Waals surface area contributed by atoms with Crippen molar-refractivity contribution in [1.29, 1.82) is 0 Å². The minimum absolute atomic E-state index is 0.177. The van der Waals surface area contributed by atoms with Crippen LogP contribution in [0.4, 0.5) is 5.69 Å². The van der Waals surface area contributed by atoms with Crippen molar-refractivity contribution in [2.75, 3.05) is 24.2 Å². The fraction of sp³-hybridized carbons (Fsp3) is 0.381. The molecule has 0 amide bonds. The first-order valence-corrected chi connectivity index (χ1v) is 11.4. The molecule has 0 aliphatic carbocycles. The van der Waals surface area contributed by atoms with Gasteiger partial charge in [0, 0.05) is 12.2 Å². The molecule has 0 fully saturated rings. The molecule has 2 aromatic rings. The Morgan fingerprint density at radius 2 is 1.84 bits per heavy atom. The zero-order valence-corrected chi connectivity index (χ0v) is 18.8. The molecule has 166 valence electrons. The van der Waals surface area contributed by atoms with Gasteiger partial charge in [0.05, 0.1) is 35.9 Å². The van der Waals surface area contributed by atoms with Gasteiger partial charge in [0.1, 0.15) is 0 Å². The number of H-pyrrole nitrogens is 1. The molecule has 10 heteroatoms. The fourth-order valence-corrected chi connectivity index (χ4v) is 4.69. The van der Waals surface area contributed by atoms with Gasteiger partial charge in [0.25, 0.3) is 0 Å². The van der Waals surface area contributed by atoms with Crippen LogP contribution in [-0.2, 0) is 25.9 Å². The highest BCUT2D eigenvalue weighted by Gasteiger charge is 2.29. The lowest BCUT2D eigenvalue weighted by molar-refractivity contribution is 0.0316. The van der Waals surface area contributed by atoms with E-state index in [0.717, 1.165) is 11.8 Å². The van der Waals surface area contributed by atoms with Crippen molar-refractivity contribution in [2.24, 2.45) is 0 Å². The quantitative estimate of drug-likeness (QED) is 0.531. The van der Waals surface area contributed by atoms with E-state index in [0.29, 0.717) is 29.9 Å². The first kappa shape index (κ1) is 22.5. The van der Waals surface area contributed by atoms with Gasteiger partial charge in [-0.1, -0.05) is 0 Å². The van der Waals surface area contributed by atoms with Crippen molar-refractivity contribution in [2.45, 2.75) is 33.3 Å². The van der Waals surface area contributed by atoms with Crippen LogP contribution in [0.1, 0.15) is 54.9 Å². The van der Waals surface area contributed by atoms with Crippen LogP contribution in [0.3, 0.4) is 0 Å². The van der Waals surface area contributed by atoms with Crippen molar-refractivity contribution < 1.29 is 32.3 Å². The number of carbonyl (C=O) groups is 3. The molecule has 9 nitrogen and oxygen atoms in total. The van der Waals surface area contributed by atoms with Crippen LogP contribution < -0.4 is 4.31 Å². The summed E-state index contributed by atoms with van der Waals surface area (Å²) >= 11 is 0. The summed E-state index contributed by atoms with van der Waals surface area (Å²) in [6.45, 7) is 5.03. The summed E-state index contributed by atoms with van der Waals surface area (Å²) in [5.41, 5.74) is 2.85. The lowest BCUT2D eigenvalue weighted by Crippen LogP contribution is -2.27. The van der Waals surface area contributed by atoms with E-state index < -0.39 is 33.8 Å². The Labute approximate surface area is 180 Å². The topological polar surface area (TPSA) is 123 Å². The molecular formula is C21H24N2O7S. The van der Waals surface area contributed by atoms with Crippen LogP contribution in [0.2, 0.25) is 0 Å². The highest BCUT2D eigenvalue weighted by Crippen LogP contribution is 2.31. The molecule has 31 heavy (non-hydrogen) atoms. The summed E-state index contributed by atoms with van der Waals surface area (Å²) in [7, 11) is -2.13. The number of fused-ring (bicyclic) bond motifs is 1. The number of hydrogen-bond acceptors (Lipinski definition) is 7. The van der Waals surface area contributed by atoms with Crippen LogP contribution in [0, 0.1) is 13.8 Å². The predicted octanol–water partition coefficient (Wildman–Crippen LogP) is 2.17. The number of benzene rings is 1. The Morgan fingerprint density at radius 1 is 1.16 bits per heavy atom. The number of Topliss-reactive ketones (excluding diaryl/α,β-unsaturated/α-hetero) is 1. The first-order chi connectivity index (χ1) is 14.5. The third-order valence-electron chi connectivity index (χ3n) is 5.29. The van der Waals surface area contributed by atoms with E-state index in [1.165, 1.54) is 24.4 Å². The number of carbonyl (C=O) groups excluding carboxylic acids is 3. The van der Waals surface area contributed by atoms with E-state index in [-0.39, 0.29) is 16.8 Å². The second kappa shape index (κ2) is 8.18. The Morgan fingerprint density at radius 3 is 2.45 bits per heavy atom. The van der Waals surface area contributed by atoms with Crippen molar-refractivity contribution in [1.82, 2.24) is 4.98 Å². The highest BCUT2D eigenvalue weighted by molar-refractivity contribution is 7.92. The zero-order valence-electron chi connectivity index (χ0n) is 17.9. The summed E-state index contributed by atoms with van der Waals surface area (Å²) in [5, 5.41) is 0. The summed E-state index contributed by atoms with van der Waals surface area (Å²) < 4.78 is 35.1. The smallest absolute Gasteiger partial charge is 0.339 e. The molecule has 0 saturated heterocycles. The maximum Gasteiger partial charge on any atom is 0.339 e. The van der Waals surface area contributed by atoms with Gasteiger partial charge in [-0.25, -0.2) is 18.0 Å². The van der Waals surface area contributed by atoms with Gasteiger partial charge in [-0.2, -0.15) is 0 Å². The summed E-state index contributed by atoms with van der Waals surface area (Å²) in [5.74, 6) is -1.74. The van der Waals surface area contributed by atoms with Gasteiger partial charge in [-0.15, -0.1) is 0 Å². The van der Waals surface area contributed by atoms with Crippen LogP contribution in [-0.4, -0.2) is 57.1 Å². The number of nitrogens with one attached hydrogen (secondary N) is 1. The minimum atomic E-state index is -3.39. The van der Waals surface area contributed by atoms with E-state index in [2.05, 4.69) is 4.98 Å². The average Bonchev–Trinajstić information content (AvgIpc) is 3.26. The lowest BCUT2D eigenvalue weighted by atomic mass is 10.1. The largest absolute Gasteiger partial charge is 0.465 e. The third kappa shape index (κ3) is 4.20. The molecule has 1 N–H and O–H groups in total. The Balaban J connectivity index is 1.77. The number of ketones is 1. The highest BCUT2D eigenvalue weighted by atomic mass is 32.2. The van der Waals surface area contributed by atoms with E-state index in [9.17, 15) is 22.8 Å². The average molecular weight is 448 g/mol. The van der Waals surface area contributed by atoms with Crippen molar-refractivity contribution in [3.8, 4) is 0 Å². The van der Waals surface area contributed by atoms with Gasteiger partial charge in [-0.05, 0) is 56.5 Å². The molecule has 0 spiro atoms. The number of methoxy groups -OCH3 is 1. The number of anilines is 1. The Bertz CT molecular complexity index is 1180. The predicted molar refractivity (Wildman–Crippen MR) is 113 cm³/mol. The van der Waals surface area contributed by atoms with Crippen molar-refractivity contribution in [3.63, 3.8) is 0 Å². The molecule has 3 rings (SSSR count). The molecule has 0 unspecified atom stereocenters. The second-order valence-electron chi connectivity index (χ2n) is 7.46. The summed E-state index contributed by atoms with van der Waals surface area (Å²) in [4.78, 5) is 40.2. The number of ether oxygens (including phenoxy) is 2. The second-order valence-corrected chi connectivity index (χ2v) is 9.36. The van der Waals surface area contributed by atoms with Gasteiger partial charge in [-0.3, -0.25) is 9.10 Å². The fourth-order valence-electron chi connectivity index (χ4n) is 3.73. The number of esters is 2. The molecule has 1 aromatic carbocycles. The number of aromatic nitrogens is 1. The van der Waals surface area contributed by atoms with Crippen LogP contribution in [0.25, 0.3) is 0 Å².